The third-order valence-electron chi connectivity index (χ3n) is 3.22. The summed E-state index contributed by atoms with van der Waals surface area (Å²) in [7, 11) is 0. The number of rotatable bonds is 3. The SMILES string of the molecule is O=c1cc(CSc2ncnc3ccccc23)nc2sccn12. The fraction of sp³-hybridized carbons (Fsp3) is 0.0667. The molecule has 22 heavy (non-hydrogen) atoms. The summed E-state index contributed by atoms with van der Waals surface area (Å²) in [5, 5.41) is 3.78. The zero-order valence-corrected chi connectivity index (χ0v) is 13.0. The summed E-state index contributed by atoms with van der Waals surface area (Å²) in [6.07, 6.45) is 3.31. The predicted molar refractivity (Wildman–Crippen MR) is 88.4 cm³/mol. The van der Waals surface area contributed by atoms with Crippen molar-refractivity contribution in [1.29, 1.82) is 0 Å². The first-order chi connectivity index (χ1) is 10.8. The van der Waals surface area contributed by atoms with Crippen molar-refractivity contribution in [2.24, 2.45) is 0 Å². The number of benzene rings is 1. The highest BCUT2D eigenvalue weighted by Crippen LogP contribution is 2.26. The number of fused-ring (bicyclic) bond motifs is 2. The molecule has 0 aliphatic rings. The van der Waals surface area contributed by atoms with Gasteiger partial charge in [-0.05, 0) is 6.07 Å². The minimum atomic E-state index is -0.0469. The summed E-state index contributed by atoms with van der Waals surface area (Å²) in [5.74, 6) is 0.602. The molecule has 0 unspecified atom stereocenters. The fourth-order valence-electron chi connectivity index (χ4n) is 2.20. The molecule has 1 aromatic carbocycles. The van der Waals surface area contributed by atoms with Gasteiger partial charge in [0.2, 0.25) is 0 Å². The van der Waals surface area contributed by atoms with E-state index in [4.69, 9.17) is 0 Å². The number of hydrogen-bond donors (Lipinski definition) is 0. The van der Waals surface area contributed by atoms with Crippen LogP contribution in [0.4, 0.5) is 0 Å². The van der Waals surface area contributed by atoms with Gasteiger partial charge in [-0.25, -0.2) is 15.0 Å². The summed E-state index contributed by atoms with van der Waals surface area (Å²) in [6.45, 7) is 0. The molecule has 0 atom stereocenters. The number of hydrogen-bond acceptors (Lipinski definition) is 6. The topological polar surface area (TPSA) is 60.2 Å². The van der Waals surface area contributed by atoms with Gasteiger partial charge in [-0.2, -0.15) is 0 Å². The molecule has 7 heteroatoms. The molecule has 0 N–H and O–H groups in total. The van der Waals surface area contributed by atoms with Crippen molar-refractivity contribution in [2.75, 3.05) is 0 Å². The molecule has 0 spiro atoms. The second-order valence-electron chi connectivity index (χ2n) is 4.63. The van der Waals surface area contributed by atoms with Crippen LogP contribution in [0.25, 0.3) is 15.9 Å². The quantitative estimate of drug-likeness (QED) is 0.428. The van der Waals surface area contributed by atoms with Crippen LogP contribution in [0.3, 0.4) is 0 Å². The van der Waals surface area contributed by atoms with Crippen LogP contribution in [0.2, 0.25) is 0 Å². The normalized spacial score (nSPS) is 11.3. The summed E-state index contributed by atoms with van der Waals surface area (Å²) in [6, 6.07) is 9.47. The minimum absolute atomic E-state index is 0.0469. The zero-order valence-electron chi connectivity index (χ0n) is 11.3. The summed E-state index contributed by atoms with van der Waals surface area (Å²) < 4.78 is 1.55. The zero-order chi connectivity index (χ0) is 14.9. The van der Waals surface area contributed by atoms with Crippen molar-refractivity contribution < 1.29 is 0 Å². The Morgan fingerprint density at radius 2 is 2.14 bits per heavy atom. The van der Waals surface area contributed by atoms with Crippen LogP contribution in [-0.2, 0) is 5.75 Å². The molecule has 3 heterocycles. The molecule has 0 aliphatic heterocycles. The molecule has 4 rings (SSSR count). The molecule has 108 valence electrons. The number of para-hydroxylation sites is 1. The molecule has 5 nitrogen and oxygen atoms in total. The first kappa shape index (κ1) is 13.4. The van der Waals surface area contributed by atoms with E-state index in [-0.39, 0.29) is 5.56 Å². The van der Waals surface area contributed by atoms with E-state index >= 15 is 0 Å². The second-order valence-corrected chi connectivity index (χ2v) is 6.46. The van der Waals surface area contributed by atoms with Crippen molar-refractivity contribution in [1.82, 2.24) is 19.4 Å². The van der Waals surface area contributed by atoms with Crippen LogP contribution in [-0.4, -0.2) is 19.4 Å². The van der Waals surface area contributed by atoms with Gasteiger partial charge in [-0.15, -0.1) is 11.3 Å². The average molecular weight is 326 g/mol. The summed E-state index contributed by atoms with van der Waals surface area (Å²) >= 11 is 3.02. The van der Waals surface area contributed by atoms with Crippen LogP contribution in [0.5, 0.6) is 0 Å². The lowest BCUT2D eigenvalue weighted by Gasteiger charge is -2.04. The molecule has 0 fully saturated rings. The molecule has 0 saturated heterocycles. The Morgan fingerprint density at radius 3 is 3.09 bits per heavy atom. The number of aromatic nitrogens is 4. The largest absolute Gasteiger partial charge is 0.269 e. The van der Waals surface area contributed by atoms with Gasteiger partial charge in [0.25, 0.3) is 5.56 Å². The van der Waals surface area contributed by atoms with Crippen molar-refractivity contribution >= 4 is 39.0 Å². The molecule has 0 bridgehead atoms. The van der Waals surface area contributed by atoms with E-state index < -0.39 is 0 Å². The second kappa shape index (κ2) is 5.51. The highest BCUT2D eigenvalue weighted by Gasteiger charge is 2.07. The lowest BCUT2D eigenvalue weighted by molar-refractivity contribution is 1.04. The van der Waals surface area contributed by atoms with E-state index in [2.05, 4.69) is 15.0 Å². The molecule has 0 amide bonds. The van der Waals surface area contributed by atoms with Crippen LogP contribution >= 0.6 is 23.1 Å². The van der Waals surface area contributed by atoms with Gasteiger partial charge in [0.15, 0.2) is 4.96 Å². The van der Waals surface area contributed by atoms with Gasteiger partial charge >= 0.3 is 0 Å². The third-order valence-corrected chi connectivity index (χ3v) is 5.01. The highest BCUT2D eigenvalue weighted by molar-refractivity contribution is 7.98. The van der Waals surface area contributed by atoms with Crippen LogP contribution < -0.4 is 5.56 Å². The van der Waals surface area contributed by atoms with Gasteiger partial charge in [0.05, 0.1) is 11.2 Å². The molecular weight excluding hydrogens is 316 g/mol. The average Bonchev–Trinajstić information content (AvgIpc) is 3.02. The van der Waals surface area contributed by atoms with Gasteiger partial charge in [0.1, 0.15) is 11.4 Å². The Morgan fingerprint density at radius 1 is 1.23 bits per heavy atom. The van der Waals surface area contributed by atoms with E-state index in [1.165, 1.54) is 11.3 Å². The Bertz CT molecular complexity index is 1020. The van der Waals surface area contributed by atoms with E-state index in [1.807, 2.05) is 29.6 Å². The molecular formula is C15H10N4OS2. The lowest BCUT2D eigenvalue weighted by atomic mass is 10.2. The number of nitrogens with zero attached hydrogens (tertiary/aromatic N) is 4. The number of thioether (sulfide) groups is 1. The van der Waals surface area contributed by atoms with Crippen molar-refractivity contribution in [3.63, 3.8) is 0 Å². The first-order valence-corrected chi connectivity index (χ1v) is 8.46. The lowest BCUT2D eigenvalue weighted by Crippen LogP contribution is -2.12. The third kappa shape index (κ3) is 2.38. The molecule has 0 saturated carbocycles. The Kier molecular flexibility index (Phi) is 3.36. The van der Waals surface area contributed by atoms with Gasteiger partial charge < -0.3 is 0 Å². The van der Waals surface area contributed by atoms with E-state index in [0.29, 0.717) is 5.75 Å². The highest BCUT2D eigenvalue weighted by atomic mass is 32.2. The summed E-state index contributed by atoms with van der Waals surface area (Å²) in [4.78, 5) is 25.8. The van der Waals surface area contributed by atoms with E-state index in [0.717, 1.165) is 26.6 Å². The number of thiazole rings is 1. The minimum Gasteiger partial charge on any atom is -0.269 e. The fourth-order valence-corrected chi connectivity index (χ4v) is 3.82. The van der Waals surface area contributed by atoms with Crippen molar-refractivity contribution in [3.05, 3.63) is 64.3 Å². The van der Waals surface area contributed by atoms with Crippen molar-refractivity contribution in [2.45, 2.75) is 10.8 Å². The maximum Gasteiger partial charge on any atom is 0.258 e. The van der Waals surface area contributed by atoms with E-state index in [9.17, 15) is 4.79 Å². The molecule has 3 aromatic heterocycles. The Hall–Kier alpha value is -2.25. The van der Waals surface area contributed by atoms with Gasteiger partial charge in [-0.3, -0.25) is 9.20 Å². The monoisotopic (exact) mass is 326 g/mol. The van der Waals surface area contributed by atoms with Gasteiger partial charge in [0, 0.05) is 28.8 Å². The molecule has 0 aliphatic carbocycles. The standard InChI is InChI=1S/C15H10N4OS2/c20-13-7-10(18-15-19(13)5-6-21-15)8-22-14-11-3-1-2-4-12(11)16-9-17-14/h1-7,9H,8H2. The van der Waals surface area contributed by atoms with Gasteiger partial charge in [-0.1, -0.05) is 30.0 Å². The predicted octanol–water partition coefficient (Wildman–Crippen LogP) is 2.99. The first-order valence-electron chi connectivity index (χ1n) is 6.59. The van der Waals surface area contributed by atoms with E-state index in [1.54, 1.807) is 34.8 Å². The summed E-state index contributed by atoms with van der Waals surface area (Å²) in [5.41, 5.74) is 1.64. The van der Waals surface area contributed by atoms with Crippen LogP contribution in [0, 0.1) is 0 Å². The smallest absolute Gasteiger partial charge is 0.258 e. The van der Waals surface area contributed by atoms with Crippen LogP contribution in [0.1, 0.15) is 5.69 Å². The molecule has 0 radical (unpaired) electrons. The molecule has 4 aromatic rings. The maximum atomic E-state index is 12.0. The van der Waals surface area contributed by atoms with Crippen LogP contribution in [0.15, 0.2) is 58.1 Å². The van der Waals surface area contributed by atoms with Crippen molar-refractivity contribution in [3.8, 4) is 0 Å². The Labute approximate surface area is 133 Å². The maximum absolute atomic E-state index is 12.0. The Balaban J connectivity index is 1.67.